The van der Waals surface area contributed by atoms with Gasteiger partial charge in [-0.1, -0.05) is 36.4 Å². The lowest BCUT2D eigenvalue weighted by atomic mass is 10.0. The first-order chi connectivity index (χ1) is 16.5. The fourth-order valence-electron chi connectivity index (χ4n) is 3.82. The lowest BCUT2D eigenvalue weighted by Gasteiger charge is -2.23. The Bertz CT molecular complexity index is 1340. The molecule has 0 radical (unpaired) electrons. The number of methoxy groups -OCH3 is 1. The van der Waals surface area contributed by atoms with Gasteiger partial charge in [0.25, 0.3) is 10.0 Å². The van der Waals surface area contributed by atoms with Gasteiger partial charge in [0.15, 0.2) is 0 Å². The lowest BCUT2D eigenvalue weighted by Crippen LogP contribution is -2.30. The molecule has 2 aromatic carbocycles. The number of anilines is 2. The summed E-state index contributed by atoms with van der Waals surface area (Å²) in [5.74, 6) is 1.99. The molecule has 9 heteroatoms. The number of aryl methyl sites for hydroxylation is 1. The molecule has 0 aliphatic heterocycles. The van der Waals surface area contributed by atoms with Gasteiger partial charge >= 0.3 is 0 Å². The molecule has 0 saturated heterocycles. The maximum Gasteiger partial charge on any atom is 0.265 e. The van der Waals surface area contributed by atoms with Crippen LogP contribution in [-0.4, -0.2) is 36.6 Å². The predicted molar refractivity (Wildman–Crippen MR) is 133 cm³/mol. The highest BCUT2D eigenvalue weighted by atomic mass is 32.2. The van der Waals surface area contributed by atoms with Crippen molar-refractivity contribution in [2.45, 2.75) is 17.9 Å². The summed E-state index contributed by atoms with van der Waals surface area (Å²) in [5, 5.41) is 3.38. The largest absolute Gasteiger partial charge is 0.496 e. The quantitative estimate of drug-likeness (QED) is 0.388. The van der Waals surface area contributed by atoms with Crippen molar-refractivity contribution in [3.8, 4) is 5.75 Å². The number of nitrogens with one attached hydrogen (secondary N) is 1. The molecule has 0 fully saturated rings. The Balaban J connectivity index is 1.65. The second kappa shape index (κ2) is 9.96. The summed E-state index contributed by atoms with van der Waals surface area (Å²) in [6.07, 6.45) is 4.97. The zero-order chi connectivity index (χ0) is 24.1. The van der Waals surface area contributed by atoms with Crippen LogP contribution in [0.2, 0.25) is 0 Å². The highest BCUT2D eigenvalue weighted by Gasteiger charge is 2.25. The van der Waals surface area contributed by atoms with Crippen LogP contribution in [0.25, 0.3) is 0 Å². The fraction of sp³-hybridized carbons (Fsp3) is 0.200. The second-order valence-electron chi connectivity index (χ2n) is 7.60. The number of ether oxygens (including phenoxy) is 1. The SMILES string of the molecule is CCN(c1ccccc1)S(=O)(=O)c1ccc(N[C@H](c2ccccc2OC)c2nccn2C)nc1. The Labute approximate surface area is 199 Å². The van der Waals surface area contributed by atoms with E-state index >= 15 is 0 Å². The van der Waals surface area contributed by atoms with Crippen LogP contribution in [0.15, 0.2) is 90.2 Å². The van der Waals surface area contributed by atoms with Crippen LogP contribution >= 0.6 is 0 Å². The van der Waals surface area contributed by atoms with Crippen molar-refractivity contribution in [3.05, 3.63) is 96.7 Å². The van der Waals surface area contributed by atoms with E-state index in [1.165, 1.54) is 10.5 Å². The maximum absolute atomic E-state index is 13.3. The highest BCUT2D eigenvalue weighted by Crippen LogP contribution is 2.32. The van der Waals surface area contributed by atoms with Gasteiger partial charge in [-0.3, -0.25) is 4.31 Å². The number of para-hydroxylation sites is 2. The minimum atomic E-state index is -3.76. The van der Waals surface area contributed by atoms with Crippen molar-refractivity contribution >= 4 is 21.5 Å². The molecule has 0 unspecified atom stereocenters. The number of pyridine rings is 1. The maximum atomic E-state index is 13.3. The van der Waals surface area contributed by atoms with E-state index in [2.05, 4.69) is 15.3 Å². The van der Waals surface area contributed by atoms with E-state index < -0.39 is 10.0 Å². The van der Waals surface area contributed by atoms with Crippen molar-refractivity contribution in [1.82, 2.24) is 14.5 Å². The number of imidazole rings is 1. The van der Waals surface area contributed by atoms with Crippen LogP contribution in [0.4, 0.5) is 11.5 Å². The Hall–Kier alpha value is -3.85. The van der Waals surface area contributed by atoms with E-state index in [0.717, 1.165) is 11.4 Å². The standard InChI is InChI=1S/C25H27N5O3S/c1-4-30(19-10-6-5-7-11-19)34(31,32)20-14-15-23(27-18-20)28-24(25-26-16-17-29(25)2)21-12-8-9-13-22(21)33-3/h5-18,24H,4H2,1-3H3,(H,27,28)/t24-/m1/s1. The Morgan fingerprint density at radius 3 is 2.38 bits per heavy atom. The van der Waals surface area contributed by atoms with Crippen molar-refractivity contribution in [3.63, 3.8) is 0 Å². The van der Waals surface area contributed by atoms with Gasteiger partial charge < -0.3 is 14.6 Å². The number of hydrogen-bond donors (Lipinski definition) is 1. The molecule has 0 amide bonds. The third kappa shape index (κ3) is 4.60. The molecule has 34 heavy (non-hydrogen) atoms. The molecule has 2 aromatic heterocycles. The number of aromatic nitrogens is 3. The monoisotopic (exact) mass is 477 g/mol. The van der Waals surface area contributed by atoms with E-state index in [0.29, 0.717) is 23.8 Å². The molecular weight excluding hydrogens is 450 g/mol. The van der Waals surface area contributed by atoms with E-state index in [9.17, 15) is 8.42 Å². The summed E-state index contributed by atoms with van der Waals surface area (Å²) in [6.45, 7) is 2.11. The van der Waals surface area contributed by atoms with Gasteiger partial charge in [0, 0.05) is 37.7 Å². The number of rotatable bonds is 9. The first kappa shape index (κ1) is 23.3. The van der Waals surface area contributed by atoms with Crippen LogP contribution in [0, 0.1) is 0 Å². The van der Waals surface area contributed by atoms with Crippen molar-refractivity contribution < 1.29 is 13.2 Å². The van der Waals surface area contributed by atoms with Gasteiger partial charge in [0.05, 0.1) is 12.8 Å². The first-order valence-corrected chi connectivity index (χ1v) is 12.3. The fourth-order valence-corrected chi connectivity index (χ4v) is 5.24. The molecule has 0 spiro atoms. The van der Waals surface area contributed by atoms with Gasteiger partial charge in [-0.25, -0.2) is 18.4 Å². The molecule has 8 nitrogen and oxygen atoms in total. The number of nitrogens with zero attached hydrogens (tertiary/aromatic N) is 4. The molecule has 0 bridgehead atoms. The molecular formula is C25H27N5O3S. The van der Waals surface area contributed by atoms with Crippen LogP contribution in [0.5, 0.6) is 5.75 Å². The Kier molecular flexibility index (Phi) is 6.83. The molecule has 4 aromatic rings. The van der Waals surface area contributed by atoms with E-state index in [4.69, 9.17) is 4.74 Å². The van der Waals surface area contributed by atoms with Gasteiger partial charge in [-0.05, 0) is 37.3 Å². The molecule has 0 aliphatic carbocycles. The van der Waals surface area contributed by atoms with Crippen molar-refractivity contribution in [2.24, 2.45) is 7.05 Å². The molecule has 2 heterocycles. The molecule has 4 rings (SSSR count). The summed E-state index contributed by atoms with van der Waals surface area (Å²) in [6, 6.07) is 19.6. The second-order valence-corrected chi connectivity index (χ2v) is 9.46. The third-order valence-corrected chi connectivity index (χ3v) is 7.40. The molecule has 0 aliphatic rings. The molecule has 176 valence electrons. The minimum Gasteiger partial charge on any atom is -0.496 e. The number of hydrogen-bond acceptors (Lipinski definition) is 6. The smallest absolute Gasteiger partial charge is 0.265 e. The summed E-state index contributed by atoms with van der Waals surface area (Å²) < 4.78 is 35.4. The zero-order valence-corrected chi connectivity index (χ0v) is 20.1. The third-order valence-electron chi connectivity index (χ3n) is 5.51. The summed E-state index contributed by atoms with van der Waals surface area (Å²) >= 11 is 0. The number of sulfonamides is 1. The minimum absolute atomic E-state index is 0.120. The summed E-state index contributed by atoms with van der Waals surface area (Å²) in [5.41, 5.74) is 1.50. The topological polar surface area (TPSA) is 89.4 Å². The number of benzene rings is 2. The van der Waals surface area contributed by atoms with E-state index in [1.54, 1.807) is 44.5 Å². The van der Waals surface area contributed by atoms with Crippen molar-refractivity contribution in [1.29, 1.82) is 0 Å². The van der Waals surface area contributed by atoms with Crippen LogP contribution in [-0.2, 0) is 17.1 Å². The van der Waals surface area contributed by atoms with Crippen LogP contribution in [0.3, 0.4) is 0 Å². The van der Waals surface area contributed by atoms with Gasteiger partial charge in [0.2, 0.25) is 0 Å². The van der Waals surface area contributed by atoms with Gasteiger partial charge in [-0.2, -0.15) is 0 Å². The molecule has 1 N–H and O–H groups in total. The van der Waals surface area contributed by atoms with Gasteiger partial charge in [0.1, 0.15) is 28.3 Å². The average molecular weight is 478 g/mol. The average Bonchev–Trinajstić information content (AvgIpc) is 3.29. The van der Waals surface area contributed by atoms with E-state index in [1.807, 2.05) is 60.3 Å². The first-order valence-electron chi connectivity index (χ1n) is 10.9. The Morgan fingerprint density at radius 2 is 1.76 bits per heavy atom. The van der Waals surface area contributed by atoms with Gasteiger partial charge in [-0.15, -0.1) is 0 Å². The lowest BCUT2D eigenvalue weighted by molar-refractivity contribution is 0.408. The molecule has 0 saturated carbocycles. The summed E-state index contributed by atoms with van der Waals surface area (Å²) in [7, 11) is -0.217. The highest BCUT2D eigenvalue weighted by molar-refractivity contribution is 7.92. The predicted octanol–water partition coefficient (Wildman–Crippen LogP) is 4.24. The molecule has 1 atom stereocenters. The zero-order valence-electron chi connectivity index (χ0n) is 19.3. The van der Waals surface area contributed by atoms with Crippen LogP contribution < -0.4 is 14.4 Å². The summed E-state index contributed by atoms with van der Waals surface area (Å²) in [4.78, 5) is 9.04. The Morgan fingerprint density at radius 1 is 1.03 bits per heavy atom. The van der Waals surface area contributed by atoms with Crippen LogP contribution in [0.1, 0.15) is 24.4 Å². The normalized spacial score (nSPS) is 12.2. The van der Waals surface area contributed by atoms with E-state index in [-0.39, 0.29) is 10.9 Å². The van der Waals surface area contributed by atoms with Crippen molar-refractivity contribution in [2.75, 3.05) is 23.3 Å².